The summed E-state index contributed by atoms with van der Waals surface area (Å²) < 4.78 is 1.97. The second-order valence-corrected chi connectivity index (χ2v) is 5.00. The lowest BCUT2D eigenvalue weighted by Gasteiger charge is -2.17. The number of rotatable bonds is 8. The van der Waals surface area contributed by atoms with Gasteiger partial charge in [-0.1, -0.05) is 6.92 Å². The van der Waals surface area contributed by atoms with Gasteiger partial charge in [0.2, 0.25) is 0 Å². The molecule has 0 radical (unpaired) electrons. The Balaban J connectivity index is 2.34. The van der Waals surface area contributed by atoms with Crippen LogP contribution >= 0.6 is 11.8 Å². The molecular weight excluding hydrogens is 218 g/mol. The van der Waals surface area contributed by atoms with Crippen molar-refractivity contribution in [3.05, 3.63) is 18.0 Å². The quantitative estimate of drug-likeness (QED) is 0.756. The van der Waals surface area contributed by atoms with Crippen molar-refractivity contribution in [3.8, 4) is 0 Å². The highest BCUT2D eigenvalue weighted by Gasteiger charge is 2.08. The van der Waals surface area contributed by atoms with E-state index in [0.29, 0.717) is 6.04 Å². The zero-order chi connectivity index (χ0) is 11.8. The van der Waals surface area contributed by atoms with E-state index in [4.69, 9.17) is 0 Å². The van der Waals surface area contributed by atoms with Crippen molar-refractivity contribution in [3.63, 3.8) is 0 Å². The topological polar surface area (TPSA) is 29.9 Å². The van der Waals surface area contributed by atoms with E-state index >= 15 is 0 Å². The molecule has 1 atom stereocenters. The fraction of sp³-hybridized carbons (Fsp3) is 0.750. The second-order valence-electron chi connectivity index (χ2n) is 4.09. The van der Waals surface area contributed by atoms with E-state index < -0.39 is 0 Å². The van der Waals surface area contributed by atoms with Crippen molar-refractivity contribution in [2.24, 2.45) is 7.05 Å². The van der Waals surface area contributed by atoms with Gasteiger partial charge in [-0.15, -0.1) is 0 Å². The van der Waals surface area contributed by atoms with Crippen LogP contribution in [0.5, 0.6) is 0 Å². The second kappa shape index (κ2) is 7.74. The van der Waals surface area contributed by atoms with Crippen molar-refractivity contribution in [2.45, 2.75) is 32.2 Å². The fourth-order valence-electron chi connectivity index (χ4n) is 1.76. The van der Waals surface area contributed by atoms with Gasteiger partial charge in [-0.3, -0.25) is 4.68 Å². The molecule has 92 valence electrons. The van der Waals surface area contributed by atoms with Crippen LogP contribution in [0, 0.1) is 0 Å². The predicted molar refractivity (Wildman–Crippen MR) is 72.0 cm³/mol. The first kappa shape index (κ1) is 13.6. The van der Waals surface area contributed by atoms with Crippen molar-refractivity contribution in [1.29, 1.82) is 0 Å². The van der Waals surface area contributed by atoms with Crippen LogP contribution in [-0.2, 0) is 13.5 Å². The summed E-state index contributed by atoms with van der Waals surface area (Å²) in [7, 11) is 2.01. The highest BCUT2D eigenvalue weighted by molar-refractivity contribution is 7.98. The van der Waals surface area contributed by atoms with Gasteiger partial charge in [0.15, 0.2) is 0 Å². The van der Waals surface area contributed by atoms with Gasteiger partial charge in [0.05, 0.1) is 0 Å². The van der Waals surface area contributed by atoms with Gasteiger partial charge >= 0.3 is 0 Å². The number of aryl methyl sites for hydroxylation is 2. The average Bonchev–Trinajstić information content (AvgIpc) is 2.68. The maximum absolute atomic E-state index is 4.19. The third kappa shape index (κ3) is 4.58. The largest absolute Gasteiger partial charge is 0.313 e. The van der Waals surface area contributed by atoms with E-state index in [9.17, 15) is 0 Å². The summed E-state index contributed by atoms with van der Waals surface area (Å²) in [6.07, 6.45) is 7.55. The minimum atomic E-state index is 0.629. The Hall–Kier alpha value is -0.480. The first-order valence-electron chi connectivity index (χ1n) is 5.97. The summed E-state index contributed by atoms with van der Waals surface area (Å²) in [5.74, 6) is 1.19. The third-order valence-electron chi connectivity index (χ3n) is 2.72. The third-order valence-corrected chi connectivity index (χ3v) is 3.46. The first-order chi connectivity index (χ1) is 7.77. The summed E-state index contributed by atoms with van der Waals surface area (Å²) in [6, 6.07) is 2.74. The predicted octanol–water partition coefficient (Wildman–Crippen LogP) is 2.08. The molecule has 1 aromatic rings. The number of nitrogens with zero attached hydrogens (tertiary/aromatic N) is 2. The Bertz CT molecular complexity index is 286. The number of hydrogen-bond acceptors (Lipinski definition) is 3. The van der Waals surface area contributed by atoms with Gasteiger partial charge in [0.25, 0.3) is 0 Å². The van der Waals surface area contributed by atoms with Crippen molar-refractivity contribution >= 4 is 11.8 Å². The lowest BCUT2D eigenvalue weighted by Crippen LogP contribution is -2.32. The van der Waals surface area contributed by atoms with Crippen molar-refractivity contribution < 1.29 is 0 Å². The van der Waals surface area contributed by atoms with Gasteiger partial charge in [-0.25, -0.2) is 0 Å². The molecule has 0 aliphatic carbocycles. The molecule has 0 bridgehead atoms. The zero-order valence-corrected chi connectivity index (χ0v) is 11.4. The van der Waals surface area contributed by atoms with Gasteiger partial charge < -0.3 is 5.32 Å². The van der Waals surface area contributed by atoms with Crippen LogP contribution in [-0.4, -0.2) is 34.4 Å². The molecule has 1 heterocycles. The van der Waals surface area contributed by atoms with Gasteiger partial charge in [0.1, 0.15) is 0 Å². The van der Waals surface area contributed by atoms with Crippen molar-refractivity contribution in [2.75, 3.05) is 18.6 Å². The Morgan fingerprint density at radius 2 is 2.38 bits per heavy atom. The molecule has 1 N–H and O–H groups in total. The van der Waals surface area contributed by atoms with Crippen molar-refractivity contribution in [1.82, 2.24) is 15.1 Å². The minimum Gasteiger partial charge on any atom is -0.313 e. The Morgan fingerprint density at radius 3 is 2.94 bits per heavy atom. The SMILES string of the molecule is CCCNC(CCc1ccnn1C)CSC. The van der Waals surface area contributed by atoms with Crippen LogP contribution in [0.4, 0.5) is 0 Å². The number of hydrogen-bond donors (Lipinski definition) is 1. The normalized spacial score (nSPS) is 12.9. The average molecular weight is 241 g/mol. The van der Waals surface area contributed by atoms with E-state index in [1.807, 2.05) is 29.7 Å². The molecule has 0 amide bonds. The molecule has 0 aliphatic heterocycles. The molecule has 0 fully saturated rings. The Labute approximate surface area is 103 Å². The lowest BCUT2D eigenvalue weighted by molar-refractivity contribution is 0.511. The van der Waals surface area contributed by atoms with E-state index in [1.165, 1.54) is 24.3 Å². The summed E-state index contributed by atoms with van der Waals surface area (Å²) in [6.45, 7) is 3.33. The van der Waals surface area contributed by atoms with Crippen LogP contribution in [0.3, 0.4) is 0 Å². The van der Waals surface area contributed by atoms with Gasteiger partial charge in [-0.05, 0) is 38.1 Å². The molecule has 0 spiro atoms. The van der Waals surface area contributed by atoms with Gasteiger partial charge in [-0.2, -0.15) is 16.9 Å². The Kier molecular flexibility index (Phi) is 6.57. The Morgan fingerprint density at radius 1 is 1.56 bits per heavy atom. The molecule has 0 saturated carbocycles. The molecule has 3 nitrogen and oxygen atoms in total. The van der Waals surface area contributed by atoms with Crippen LogP contribution in [0.25, 0.3) is 0 Å². The maximum atomic E-state index is 4.19. The summed E-state index contributed by atoms with van der Waals surface area (Å²) >= 11 is 1.92. The molecule has 16 heavy (non-hydrogen) atoms. The van der Waals surface area contributed by atoms with Crippen LogP contribution in [0.2, 0.25) is 0 Å². The highest BCUT2D eigenvalue weighted by Crippen LogP contribution is 2.07. The fourth-order valence-corrected chi connectivity index (χ4v) is 2.45. The molecule has 1 rings (SSSR count). The summed E-state index contributed by atoms with van der Waals surface area (Å²) in [4.78, 5) is 0. The molecule has 0 aliphatic rings. The number of thioether (sulfide) groups is 1. The first-order valence-corrected chi connectivity index (χ1v) is 7.36. The lowest BCUT2D eigenvalue weighted by atomic mass is 10.1. The smallest absolute Gasteiger partial charge is 0.0492 e. The molecular formula is C12H23N3S. The van der Waals surface area contributed by atoms with Crippen LogP contribution in [0.1, 0.15) is 25.5 Å². The number of aromatic nitrogens is 2. The molecule has 4 heteroatoms. The zero-order valence-electron chi connectivity index (χ0n) is 10.6. The van der Waals surface area contributed by atoms with E-state index in [0.717, 1.165) is 13.0 Å². The van der Waals surface area contributed by atoms with E-state index in [2.05, 4.69) is 29.7 Å². The van der Waals surface area contributed by atoms with E-state index in [1.54, 1.807) is 0 Å². The summed E-state index contributed by atoms with van der Waals surface area (Å²) in [5, 5.41) is 7.80. The standard InChI is InChI=1S/C12H23N3S/c1-4-8-13-11(10-16-3)5-6-12-7-9-14-15(12)2/h7,9,11,13H,4-6,8,10H2,1-3H3. The monoisotopic (exact) mass is 241 g/mol. The molecule has 0 saturated heterocycles. The summed E-state index contributed by atoms with van der Waals surface area (Å²) in [5.41, 5.74) is 1.32. The van der Waals surface area contributed by atoms with Crippen LogP contribution in [0.15, 0.2) is 12.3 Å². The van der Waals surface area contributed by atoms with Crippen LogP contribution < -0.4 is 5.32 Å². The minimum absolute atomic E-state index is 0.629. The maximum Gasteiger partial charge on any atom is 0.0492 e. The van der Waals surface area contributed by atoms with Gasteiger partial charge in [0, 0.05) is 30.7 Å². The highest BCUT2D eigenvalue weighted by atomic mass is 32.2. The molecule has 0 aromatic carbocycles. The van der Waals surface area contributed by atoms with E-state index in [-0.39, 0.29) is 0 Å². The molecule has 1 aromatic heterocycles. The molecule has 1 unspecified atom stereocenters. The number of nitrogens with one attached hydrogen (secondary N) is 1.